The van der Waals surface area contributed by atoms with Gasteiger partial charge in [-0.3, -0.25) is 9.59 Å². The van der Waals surface area contributed by atoms with Crippen LogP contribution in [-0.4, -0.2) is 19.6 Å². The first-order chi connectivity index (χ1) is 14.3. The molecular formula is C24H27NO5. The van der Waals surface area contributed by atoms with Crippen molar-refractivity contribution in [1.82, 2.24) is 0 Å². The van der Waals surface area contributed by atoms with Crippen molar-refractivity contribution >= 4 is 17.7 Å². The second-order valence-corrected chi connectivity index (χ2v) is 7.53. The molecule has 1 N–H and O–H groups in total. The molecule has 2 heterocycles. The minimum Gasteiger partial charge on any atom is -0.468 e. The first-order valence-corrected chi connectivity index (χ1v) is 9.83. The van der Waals surface area contributed by atoms with E-state index in [9.17, 15) is 9.59 Å². The van der Waals surface area contributed by atoms with Crippen LogP contribution in [0.1, 0.15) is 48.8 Å². The molecule has 30 heavy (non-hydrogen) atoms. The van der Waals surface area contributed by atoms with Crippen LogP contribution in [0, 0.1) is 13.8 Å². The molecule has 0 aliphatic carbocycles. The van der Waals surface area contributed by atoms with Gasteiger partial charge in [-0.05, 0) is 44.0 Å². The Balaban J connectivity index is 1.75. The van der Waals surface area contributed by atoms with Crippen LogP contribution in [0.5, 0.6) is 5.95 Å². The van der Waals surface area contributed by atoms with E-state index in [-0.39, 0.29) is 23.4 Å². The summed E-state index contributed by atoms with van der Waals surface area (Å²) in [5.74, 6) is 0.675. The lowest BCUT2D eigenvalue weighted by Crippen LogP contribution is -2.15. The van der Waals surface area contributed by atoms with Gasteiger partial charge in [0.15, 0.2) is 5.43 Å². The number of anilines is 1. The zero-order valence-corrected chi connectivity index (χ0v) is 18.0. The van der Waals surface area contributed by atoms with Gasteiger partial charge < -0.3 is 19.2 Å². The number of allylic oxidation sites excluding steroid dienone is 2. The molecule has 6 nitrogen and oxygen atoms in total. The van der Waals surface area contributed by atoms with Crippen molar-refractivity contribution in [3.05, 3.63) is 74.2 Å². The van der Waals surface area contributed by atoms with Gasteiger partial charge in [-0.25, -0.2) is 0 Å². The van der Waals surface area contributed by atoms with Crippen molar-refractivity contribution < 1.29 is 18.7 Å². The van der Waals surface area contributed by atoms with Crippen molar-refractivity contribution in [2.45, 2.75) is 40.2 Å². The number of rotatable bonds is 5. The molecule has 1 fully saturated rings. The predicted molar refractivity (Wildman–Crippen MR) is 117 cm³/mol. The van der Waals surface area contributed by atoms with Gasteiger partial charge in [-0.15, -0.1) is 0 Å². The zero-order valence-electron chi connectivity index (χ0n) is 18.0. The van der Waals surface area contributed by atoms with E-state index >= 15 is 0 Å². The summed E-state index contributed by atoms with van der Waals surface area (Å²) in [4.78, 5) is 23.5. The molecular weight excluding hydrogens is 382 g/mol. The number of nitrogens with one attached hydrogen (secondary N) is 1. The third-order valence-electron chi connectivity index (χ3n) is 5.01. The number of carbonyl (C=O) groups is 1. The SMILES string of the molecule is COc1oc([C@H]2C/C(=C/C(C)=C/c3ccc(NC(C)=O)cc3)CO2)c(C)c(=O)c1C. The Labute approximate surface area is 176 Å². The van der Waals surface area contributed by atoms with Gasteiger partial charge in [0.05, 0.1) is 19.3 Å². The van der Waals surface area contributed by atoms with Crippen LogP contribution in [0.3, 0.4) is 0 Å². The quantitative estimate of drug-likeness (QED) is 0.773. The lowest BCUT2D eigenvalue weighted by molar-refractivity contribution is -0.114. The van der Waals surface area contributed by atoms with Gasteiger partial charge in [0.2, 0.25) is 5.91 Å². The van der Waals surface area contributed by atoms with Crippen molar-refractivity contribution in [3.8, 4) is 5.95 Å². The Bertz CT molecular complexity index is 1060. The fraction of sp³-hybridized carbons (Fsp3) is 0.333. The summed E-state index contributed by atoms with van der Waals surface area (Å²) in [5, 5.41) is 2.76. The van der Waals surface area contributed by atoms with Crippen LogP contribution in [0.15, 0.2) is 50.7 Å². The number of carbonyl (C=O) groups excluding carboxylic acids is 1. The van der Waals surface area contributed by atoms with Crippen LogP contribution in [-0.2, 0) is 9.53 Å². The Kier molecular flexibility index (Phi) is 6.57. The van der Waals surface area contributed by atoms with Gasteiger partial charge in [-0.2, -0.15) is 0 Å². The van der Waals surface area contributed by atoms with E-state index in [2.05, 4.69) is 17.5 Å². The third kappa shape index (κ3) is 4.89. The molecule has 1 aromatic carbocycles. The van der Waals surface area contributed by atoms with Gasteiger partial charge in [-0.1, -0.05) is 29.9 Å². The van der Waals surface area contributed by atoms with E-state index < -0.39 is 0 Å². The first-order valence-electron chi connectivity index (χ1n) is 9.83. The van der Waals surface area contributed by atoms with E-state index in [4.69, 9.17) is 13.9 Å². The highest BCUT2D eigenvalue weighted by Gasteiger charge is 2.28. The number of hydrogen-bond donors (Lipinski definition) is 1. The minimum atomic E-state index is -0.303. The minimum absolute atomic E-state index is 0.0760. The summed E-state index contributed by atoms with van der Waals surface area (Å²) >= 11 is 0. The maximum atomic E-state index is 12.4. The van der Waals surface area contributed by atoms with E-state index in [0.29, 0.717) is 29.9 Å². The summed E-state index contributed by atoms with van der Waals surface area (Å²) in [6.45, 7) is 7.45. The zero-order chi connectivity index (χ0) is 21.8. The van der Waals surface area contributed by atoms with Crippen molar-refractivity contribution in [2.75, 3.05) is 19.0 Å². The predicted octanol–water partition coefficient (Wildman–Crippen LogP) is 4.71. The summed E-state index contributed by atoms with van der Waals surface area (Å²) in [6, 6.07) is 7.66. The largest absolute Gasteiger partial charge is 0.468 e. The summed E-state index contributed by atoms with van der Waals surface area (Å²) < 4.78 is 16.9. The molecule has 6 heteroatoms. The molecule has 0 saturated carbocycles. The highest BCUT2D eigenvalue weighted by molar-refractivity contribution is 5.88. The van der Waals surface area contributed by atoms with Crippen molar-refractivity contribution in [3.63, 3.8) is 0 Å². The Morgan fingerprint density at radius 1 is 1.17 bits per heavy atom. The van der Waals surface area contributed by atoms with E-state index in [1.165, 1.54) is 14.0 Å². The molecule has 1 aromatic heterocycles. The number of amides is 1. The molecule has 1 aliphatic heterocycles. The van der Waals surface area contributed by atoms with Gasteiger partial charge in [0, 0.05) is 24.6 Å². The van der Waals surface area contributed by atoms with Crippen LogP contribution < -0.4 is 15.5 Å². The van der Waals surface area contributed by atoms with Gasteiger partial charge in [0.25, 0.3) is 5.95 Å². The molecule has 2 aromatic rings. The Hall–Kier alpha value is -3.12. The Morgan fingerprint density at radius 3 is 2.50 bits per heavy atom. The molecule has 1 aliphatic rings. The van der Waals surface area contributed by atoms with E-state index in [0.717, 1.165) is 22.4 Å². The van der Waals surface area contributed by atoms with Crippen molar-refractivity contribution in [1.29, 1.82) is 0 Å². The summed E-state index contributed by atoms with van der Waals surface area (Å²) in [5.41, 5.74) is 4.98. The standard InChI is InChI=1S/C24H27NO5/c1-14(10-18-6-8-20(9-7-18)25-17(4)26)11-19-12-21(29-13-19)23-15(2)22(27)16(3)24(28-5)30-23/h6-11,21H,12-13H2,1-5H3,(H,25,26)/b14-10+,19-11-/t21-/m1/s1. The molecule has 158 valence electrons. The summed E-state index contributed by atoms with van der Waals surface area (Å²) in [6.07, 6.45) is 4.52. The lowest BCUT2D eigenvalue weighted by atomic mass is 10.0. The molecule has 0 unspecified atom stereocenters. The molecule has 1 amide bonds. The highest BCUT2D eigenvalue weighted by atomic mass is 16.6. The number of methoxy groups -OCH3 is 1. The average molecular weight is 409 g/mol. The lowest BCUT2D eigenvalue weighted by Gasteiger charge is -2.13. The maximum absolute atomic E-state index is 12.4. The monoisotopic (exact) mass is 409 g/mol. The number of benzene rings is 1. The van der Waals surface area contributed by atoms with E-state index in [1.807, 2.05) is 31.2 Å². The van der Waals surface area contributed by atoms with Gasteiger partial charge >= 0.3 is 0 Å². The molecule has 0 bridgehead atoms. The molecule has 3 rings (SSSR count). The summed E-state index contributed by atoms with van der Waals surface area (Å²) in [7, 11) is 1.49. The molecule has 1 atom stereocenters. The fourth-order valence-electron chi connectivity index (χ4n) is 3.57. The second kappa shape index (κ2) is 9.13. The number of ether oxygens (including phenoxy) is 2. The van der Waals surface area contributed by atoms with Crippen LogP contribution in [0.25, 0.3) is 6.08 Å². The molecule has 1 saturated heterocycles. The topological polar surface area (TPSA) is 77.8 Å². The number of hydrogen-bond acceptors (Lipinski definition) is 5. The Morgan fingerprint density at radius 2 is 1.87 bits per heavy atom. The molecule has 0 radical (unpaired) electrons. The normalized spacial score (nSPS) is 18.0. The maximum Gasteiger partial charge on any atom is 0.291 e. The average Bonchev–Trinajstić information content (AvgIpc) is 3.15. The van der Waals surface area contributed by atoms with E-state index in [1.54, 1.807) is 13.8 Å². The van der Waals surface area contributed by atoms with Crippen LogP contribution >= 0.6 is 0 Å². The second-order valence-electron chi connectivity index (χ2n) is 7.53. The highest BCUT2D eigenvalue weighted by Crippen LogP contribution is 2.35. The fourth-order valence-corrected chi connectivity index (χ4v) is 3.57. The van der Waals surface area contributed by atoms with Gasteiger partial charge in [0.1, 0.15) is 11.9 Å². The van der Waals surface area contributed by atoms with Crippen molar-refractivity contribution in [2.24, 2.45) is 0 Å². The third-order valence-corrected chi connectivity index (χ3v) is 5.01. The van der Waals surface area contributed by atoms with Crippen LogP contribution in [0.2, 0.25) is 0 Å². The van der Waals surface area contributed by atoms with Crippen LogP contribution in [0.4, 0.5) is 5.69 Å². The molecule has 0 spiro atoms. The smallest absolute Gasteiger partial charge is 0.291 e. The first kappa shape index (κ1) is 21.6.